The molecule has 48 heavy (non-hydrogen) atoms. The first-order valence-electron chi connectivity index (χ1n) is 20.5. The molecule has 0 aliphatic carbocycles. The molecular formula is C43H78O5. The molecule has 0 spiro atoms. The molecule has 0 aromatic heterocycles. The summed E-state index contributed by atoms with van der Waals surface area (Å²) in [5, 5.41) is 0. The number of ether oxygens (including phenoxy) is 3. The van der Waals surface area contributed by atoms with Crippen molar-refractivity contribution in [2.75, 3.05) is 19.8 Å². The number of hydrogen-bond donors (Lipinski definition) is 0. The Morgan fingerprint density at radius 3 is 1.54 bits per heavy atom. The van der Waals surface area contributed by atoms with E-state index >= 15 is 0 Å². The minimum Gasteiger partial charge on any atom is -0.462 e. The quantitative estimate of drug-likeness (QED) is 0.0373. The Kier molecular flexibility index (Phi) is 38.0. The second-order valence-corrected chi connectivity index (χ2v) is 13.5. The third-order valence-corrected chi connectivity index (χ3v) is 8.63. The van der Waals surface area contributed by atoms with Crippen molar-refractivity contribution in [2.24, 2.45) is 0 Å². The van der Waals surface area contributed by atoms with Gasteiger partial charge in [-0.1, -0.05) is 160 Å². The van der Waals surface area contributed by atoms with Gasteiger partial charge in [-0.05, 0) is 64.2 Å². The fraction of sp³-hybridized carbons (Fsp3) is 0.814. The predicted octanol–water partition coefficient (Wildman–Crippen LogP) is 13.1. The Balaban J connectivity index is 4.20. The third-order valence-electron chi connectivity index (χ3n) is 8.63. The van der Waals surface area contributed by atoms with Gasteiger partial charge >= 0.3 is 11.9 Å². The van der Waals surface area contributed by atoms with Crippen LogP contribution >= 0.6 is 0 Å². The fourth-order valence-electron chi connectivity index (χ4n) is 5.53. The zero-order valence-corrected chi connectivity index (χ0v) is 32.0. The molecular weight excluding hydrogens is 596 g/mol. The molecule has 0 radical (unpaired) electrons. The summed E-state index contributed by atoms with van der Waals surface area (Å²) in [4.78, 5) is 25.0. The largest absolute Gasteiger partial charge is 0.462 e. The number of carbonyl (C=O) groups is 2. The lowest BCUT2D eigenvalue weighted by Gasteiger charge is -2.18. The number of allylic oxidation sites excluding steroid dienone is 6. The van der Waals surface area contributed by atoms with Gasteiger partial charge in [-0.2, -0.15) is 0 Å². The van der Waals surface area contributed by atoms with Gasteiger partial charge in [0, 0.05) is 19.4 Å². The molecule has 0 heterocycles. The Hall–Kier alpha value is -1.88. The third kappa shape index (κ3) is 36.9. The lowest BCUT2D eigenvalue weighted by Crippen LogP contribution is -2.30. The highest BCUT2D eigenvalue weighted by molar-refractivity contribution is 5.70. The molecule has 5 nitrogen and oxygen atoms in total. The molecule has 0 amide bonds. The van der Waals surface area contributed by atoms with E-state index in [1.54, 1.807) is 0 Å². The summed E-state index contributed by atoms with van der Waals surface area (Å²) in [6, 6.07) is 0. The summed E-state index contributed by atoms with van der Waals surface area (Å²) in [5.74, 6) is -0.419. The average molecular weight is 675 g/mol. The van der Waals surface area contributed by atoms with Crippen LogP contribution < -0.4 is 0 Å². The Labute approximate surface area is 298 Å². The fourth-order valence-corrected chi connectivity index (χ4v) is 5.53. The van der Waals surface area contributed by atoms with Crippen LogP contribution in [0.15, 0.2) is 36.5 Å². The molecule has 0 saturated carbocycles. The van der Waals surface area contributed by atoms with Gasteiger partial charge in [0.1, 0.15) is 6.61 Å². The molecule has 0 aliphatic rings. The molecule has 0 saturated heterocycles. The SMILES string of the molecule is CCC/C=C\C/C=C\CCCCCCCCOCC(COC(=O)CCCCCCC/C=C\CCCC)OC(=O)CCCCCCCCC. The van der Waals surface area contributed by atoms with Gasteiger partial charge in [-0.25, -0.2) is 0 Å². The van der Waals surface area contributed by atoms with Crippen LogP contribution in [0.2, 0.25) is 0 Å². The first-order valence-corrected chi connectivity index (χ1v) is 20.5. The van der Waals surface area contributed by atoms with Crippen LogP contribution in [-0.4, -0.2) is 37.9 Å². The first kappa shape index (κ1) is 46.1. The minimum absolute atomic E-state index is 0.0788. The van der Waals surface area contributed by atoms with Gasteiger partial charge in [0.15, 0.2) is 6.10 Å². The van der Waals surface area contributed by atoms with Gasteiger partial charge in [-0.3, -0.25) is 9.59 Å². The van der Waals surface area contributed by atoms with Crippen molar-refractivity contribution in [3.05, 3.63) is 36.5 Å². The van der Waals surface area contributed by atoms with Crippen LogP contribution in [0.5, 0.6) is 0 Å². The van der Waals surface area contributed by atoms with Crippen molar-refractivity contribution in [2.45, 2.75) is 207 Å². The summed E-state index contributed by atoms with van der Waals surface area (Å²) < 4.78 is 17.2. The lowest BCUT2D eigenvalue weighted by atomic mass is 10.1. The van der Waals surface area contributed by atoms with Crippen LogP contribution in [0.4, 0.5) is 0 Å². The van der Waals surface area contributed by atoms with Crippen LogP contribution in [0.3, 0.4) is 0 Å². The van der Waals surface area contributed by atoms with E-state index < -0.39 is 6.10 Å². The molecule has 0 rings (SSSR count). The molecule has 0 fully saturated rings. The standard InChI is InChI=1S/C43H78O5/c1-4-7-10-13-16-18-20-21-22-24-26-29-32-35-38-46-39-41(48-43(45)37-34-31-27-15-12-9-6-3)40-47-42(44)36-33-30-28-25-23-19-17-14-11-8-5-2/h10,13-14,17-18,20,41H,4-9,11-12,15-16,19,21-40H2,1-3H3/b13-10-,17-14-,20-18-. The van der Waals surface area contributed by atoms with E-state index in [1.165, 1.54) is 109 Å². The van der Waals surface area contributed by atoms with E-state index in [1.807, 2.05) is 0 Å². The smallest absolute Gasteiger partial charge is 0.306 e. The number of carbonyl (C=O) groups excluding carboxylic acids is 2. The molecule has 0 N–H and O–H groups in total. The van der Waals surface area contributed by atoms with E-state index in [0.29, 0.717) is 19.4 Å². The molecule has 1 atom stereocenters. The van der Waals surface area contributed by atoms with Gasteiger partial charge in [0.25, 0.3) is 0 Å². The minimum atomic E-state index is -0.536. The lowest BCUT2D eigenvalue weighted by molar-refractivity contribution is -0.163. The van der Waals surface area contributed by atoms with E-state index in [4.69, 9.17) is 14.2 Å². The molecule has 0 aromatic carbocycles. The van der Waals surface area contributed by atoms with Crippen molar-refractivity contribution in [3.8, 4) is 0 Å². The first-order chi connectivity index (χ1) is 23.6. The summed E-state index contributed by atoms with van der Waals surface area (Å²) >= 11 is 0. The van der Waals surface area contributed by atoms with Crippen molar-refractivity contribution in [3.63, 3.8) is 0 Å². The van der Waals surface area contributed by atoms with E-state index in [0.717, 1.165) is 57.8 Å². The Morgan fingerprint density at radius 2 is 0.938 bits per heavy atom. The number of unbranched alkanes of at least 4 members (excludes halogenated alkanes) is 20. The van der Waals surface area contributed by atoms with Crippen LogP contribution in [-0.2, 0) is 23.8 Å². The van der Waals surface area contributed by atoms with Crippen LogP contribution in [0, 0.1) is 0 Å². The van der Waals surface area contributed by atoms with Crippen molar-refractivity contribution in [1.82, 2.24) is 0 Å². The Bertz CT molecular complexity index is 771. The van der Waals surface area contributed by atoms with Gasteiger partial charge in [0.05, 0.1) is 6.61 Å². The van der Waals surface area contributed by atoms with Crippen LogP contribution in [0.25, 0.3) is 0 Å². The second kappa shape index (κ2) is 39.6. The number of hydrogen-bond acceptors (Lipinski definition) is 5. The van der Waals surface area contributed by atoms with Crippen LogP contribution in [0.1, 0.15) is 201 Å². The predicted molar refractivity (Wildman–Crippen MR) is 205 cm³/mol. The number of esters is 2. The monoisotopic (exact) mass is 675 g/mol. The summed E-state index contributed by atoms with van der Waals surface area (Å²) in [6.07, 6.45) is 44.3. The highest BCUT2D eigenvalue weighted by Gasteiger charge is 2.17. The maximum absolute atomic E-state index is 12.6. The highest BCUT2D eigenvalue weighted by atomic mass is 16.6. The maximum Gasteiger partial charge on any atom is 0.306 e. The normalized spacial score (nSPS) is 12.5. The number of rotatable bonds is 37. The van der Waals surface area contributed by atoms with Gasteiger partial charge < -0.3 is 14.2 Å². The molecule has 280 valence electrons. The topological polar surface area (TPSA) is 61.8 Å². The summed E-state index contributed by atoms with van der Waals surface area (Å²) in [5.41, 5.74) is 0. The van der Waals surface area contributed by atoms with Crippen molar-refractivity contribution < 1.29 is 23.8 Å². The second-order valence-electron chi connectivity index (χ2n) is 13.5. The zero-order chi connectivity index (χ0) is 35.0. The van der Waals surface area contributed by atoms with Gasteiger partial charge in [0.2, 0.25) is 0 Å². The highest BCUT2D eigenvalue weighted by Crippen LogP contribution is 2.12. The van der Waals surface area contributed by atoms with E-state index in [9.17, 15) is 9.59 Å². The average Bonchev–Trinajstić information content (AvgIpc) is 3.08. The van der Waals surface area contributed by atoms with E-state index in [2.05, 4.69) is 57.2 Å². The maximum atomic E-state index is 12.6. The summed E-state index contributed by atoms with van der Waals surface area (Å²) in [6.45, 7) is 7.66. The summed E-state index contributed by atoms with van der Waals surface area (Å²) in [7, 11) is 0. The zero-order valence-electron chi connectivity index (χ0n) is 32.0. The Morgan fingerprint density at radius 1 is 0.458 bits per heavy atom. The molecule has 5 heteroatoms. The van der Waals surface area contributed by atoms with Crippen molar-refractivity contribution in [1.29, 1.82) is 0 Å². The van der Waals surface area contributed by atoms with E-state index in [-0.39, 0.29) is 25.2 Å². The van der Waals surface area contributed by atoms with Crippen molar-refractivity contribution >= 4 is 11.9 Å². The molecule has 0 bridgehead atoms. The molecule has 0 aromatic rings. The molecule has 0 aliphatic heterocycles. The van der Waals surface area contributed by atoms with Gasteiger partial charge in [-0.15, -0.1) is 0 Å². The molecule has 1 unspecified atom stereocenters.